The van der Waals surface area contributed by atoms with E-state index in [1.807, 2.05) is 35.7 Å². The second-order valence-electron chi connectivity index (χ2n) is 4.01. The smallest absolute Gasteiger partial charge is 0.221 e. The molecule has 1 aromatic carbocycles. The number of furan rings is 1. The van der Waals surface area contributed by atoms with Crippen molar-refractivity contribution in [2.45, 2.75) is 0 Å². The number of benzene rings is 1. The Bertz CT molecular complexity index is 754. The monoisotopic (exact) mass is 332 g/mol. The first-order chi connectivity index (χ1) is 9.22. The molecular formula is C15H9BrO2S. The van der Waals surface area contributed by atoms with Crippen molar-refractivity contribution in [2.24, 2.45) is 0 Å². The van der Waals surface area contributed by atoms with E-state index >= 15 is 0 Å². The fourth-order valence-electron chi connectivity index (χ4n) is 1.76. The molecule has 2 nitrogen and oxygen atoms in total. The molecule has 0 bridgehead atoms. The Morgan fingerprint density at radius 2 is 2.16 bits per heavy atom. The molecule has 2 heterocycles. The lowest BCUT2D eigenvalue weighted by Crippen LogP contribution is -1.89. The van der Waals surface area contributed by atoms with Crippen LogP contribution in [-0.2, 0) is 0 Å². The summed E-state index contributed by atoms with van der Waals surface area (Å²) in [6.45, 7) is 0. The van der Waals surface area contributed by atoms with Crippen LogP contribution < -0.4 is 0 Å². The average molecular weight is 333 g/mol. The van der Waals surface area contributed by atoms with E-state index in [0.717, 1.165) is 20.3 Å². The number of rotatable bonds is 3. The van der Waals surface area contributed by atoms with Gasteiger partial charge in [0.15, 0.2) is 5.76 Å². The minimum absolute atomic E-state index is 0.124. The zero-order valence-electron chi connectivity index (χ0n) is 9.80. The van der Waals surface area contributed by atoms with Gasteiger partial charge < -0.3 is 4.42 Å². The third-order valence-corrected chi connectivity index (χ3v) is 3.99. The number of thiophene rings is 1. The van der Waals surface area contributed by atoms with Crippen LogP contribution in [0.2, 0.25) is 0 Å². The van der Waals surface area contributed by atoms with E-state index in [1.165, 1.54) is 0 Å². The van der Waals surface area contributed by atoms with E-state index in [-0.39, 0.29) is 5.78 Å². The number of hydrogen-bond donors (Lipinski definition) is 0. The van der Waals surface area contributed by atoms with E-state index in [2.05, 4.69) is 15.9 Å². The van der Waals surface area contributed by atoms with Gasteiger partial charge in [0, 0.05) is 14.7 Å². The second-order valence-corrected chi connectivity index (χ2v) is 5.90. The molecule has 19 heavy (non-hydrogen) atoms. The standard InChI is InChI=1S/C15H9BrO2S/c16-11-3-6-14-10(8-11)9-15(18-14)13(17)5-4-12-2-1-7-19-12/h1-9H/b5-4+. The summed E-state index contributed by atoms with van der Waals surface area (Å²) in [6.07, 6.45) is 3.34. The van der Waals surface area contributed by atoms with Gasteiger partial charge >= 0.3 is 0 Å². The second kappa shape index (κ2) is 5.15. The van der Waals surface area contributed by atoms with Crippen LogP contribution in [0.4, 0.5) is 0 Å². The van der Waals surface area contributed by atoms with Crippen molar-refractivity contribution in [3.05, 3.63) is 63.0 Å². The summed E-state index contributed by atoms with van der Waals surface area (Å²) >= 11 is 4.99. The highest BCUT2D eigenvalue weighted by atomic mass is 79.9. The van der Waals surface area contributed by atoms with Gasteiger partial charge in [-0.2, -0.15) is 0 Å². The van der Waals surface area contributed by atoms with Gasteiger partial charge in [0.2, 0.25) is 5.78 Å². The maximum atomic E-state index is 12.0. The van der Waals surface area contributed by atoms with Crippen molar-refractivity contribution in [1.82, 2.24) is 0 Å². The lowest BCUT2D eigenvalue weighted by atomic mass is 10.2. The van der Waals surface area contributed by atoms with E-state index in [9.17, 15) is 4.79 Å². The quantitative estimate of drug-likeness (QED) is 0.490. The Labute approximate surface area is 122 Å². The summed E-state index contributed by atoms with van der Waals surface area (Å²) in [5, 5.41) is 2.89. The van der Waals surface area contributed by atoms with Crippen LogP contribution in [0, 0.1) is 0 Å². The predicted octanol–water partition coefficient (Wildman–Crippen LogP) is 5.15. The molecule has 2 aromatic heterocycles. The molecule has 0 aliphatic carbocycles. The molecule has 3 aromatic rings. The van der Waals surface area contributed by atoms with Gasteiger partial charge in [-0.25, -0.2) is 0 Å². The van der Waals surface area contributed by atoms with E-state index in [1.54, 1.807) is 29.6 Å². The third kappa shape index (κ3) is 2.69. The maximum Gasteiger partial charge on any atom is 0.221 e. The number of ketones is 1. The summed E-state index contributed by atoms with van der Waals surface area (Å²) in [6, 6.07) is 11.3. The Kier molecular flexibility index (Phi) is 3.36. The van der Waals surface area contributed by atoms with E-state index < -0.39 is 0 Å². The highest BCUT2D eigenvalue weighted by molar-refractivity contribution is 9.10. The Hall–Kier alpha value is -1.65. The topological polar surface area (TPSA) is 30.2 Å². The molecule has 0 fully saturated rings. The molecule has 0 aliphatic rings. The van der Waals surface area contributed by atoms with E-state index in [4.69, 9.17) is 4.42 Å². The average Bonchev–Trinajstić information content (AvgIpc) is 3.04. The molecule has 0 radical (unpaired) electrons. The van der Waals surface area contributed by atoms with Gasteiger partial charge in [0.05, 0.1) is 0 Å². The SMILES string of the molecule is O=C(/C=C/c1cccs1)c1cc2cc(Br)ccc2o1. The zero-order chi connectivity index (χ0) is 13.2. The van der Waals surface area contributed by atoms with Gasteiger partial charge in [0.1, 0.15) is 5.58 Å². The summed E-state index contributed by atoms with van der Waals surface area (Å²) in [5.41, 5.74) is 0.719. The van der Waals surface area contributed by atoms with Crippen LogP contribution in [0.1, 0.15) is 15.4 Å². The first-order valence-electron chi connectivity index (χ1n) is 5.67. The predicted molar refractivity (Wildman–Crippen MR) is 81.6 cm³/mol. The normalized spacial score (nSPS) is 11.4. The number of halogens is 1. The van der Waals surface area contributed by atoms with Crippen LogP contribution in [0.15, 0.2) is 56.7 Å². The molecule has 0 saturated carbocycles. The lowest BCUT2D eigenvalue weighted by Gasteiger charge is -1.88. The zero-order valence-corrected chi connectivity index (χ0v) is 12.2. The van der Waals surface area contributed by atoms with Crippen LogP contribution in [0.25, 0.3) is 17.0 Å². The van der Waals surface area contributed by atoms with Crippen molar-refractivity contribution in [3.8, 4) is 0 Å². The fraction of sp³-hybridized carbons (Fsp3) is 0. The van der Waals surface area contributed by atoms with Gasteiger partial charge in [-0.05, 0) is 47.9 Å². The number of carbonyl (C=O) groups is 1. The molecule has 0 N–H and O–H groups in total. The van der Waals surface area contributed by atoms with Crippen LogP contribution in [-0.4, -0.2) is 5.78 Å². The van der Waals surface area contributed by atoms with Crippen molar-refractivity contribution in [3.63, 3.8) is 0 Å². The fourth-order valence-corrected chi connectivity index (χ4v) is 2.76. The Morgan fingerprint density at radius 3 is 2.95 bits per heavy atom. The van der Waals surface area contributed by atoms with E-state index in [0.29, 0.717) is 5.76 Å². The molecule has 0 atom stereocenters. The van der Waals surface area contributed by atoms with Gasteiger partial charge in [-0.1, -0.05) is 22.0 Å². The minimum atomic E-state index is -0.124. The summed E-state index contributed by atoms with van der Waals surface area (Å²) in [7, 11) is 0. The van der Waals surface area contributed by atoms with Crippen LogP contribution in [0.5, 0.6) is 0 Å². The Balaban J connectivity index is 1.89. The van der Waals surface area contributed by atoms with Crippen LogP contribution in [0.3, 0.4) is 0 Å². The maximum absolute atomic E-state index is 12.0. The molecule has 0 spiro atoms. The molecule has 0 unspecified atom stereocenters. The first kappa shape index (κ1) is 12.4. The summed E-state index contributed by atoms with van der Waals surface area (Å²) < 4.78 is 6.50. The van der Waals surface area contributed by atoms with Gasteiger partial charge in [-0.3, -0.25) is 4.79 Å². The summed E-state index contributed by atoms with van der Waals surface area (Å²) in [4.78, 5) is 13.1. The summed E-state index contributed by atoms with van der Waals surface area (Å²) in [5.74, 6) is 0.238. The van der Waals surface area contributed by atoms with Gasteiger partial charge in [0.25, 0.3) is 0 Å². The lowest BCUT2D eigenvalue weighted by molar-refractivity contribution is 0.102. The highest BCUT2D eigenvalue weighted by Crippen LogP contribution is 2.24. The number of allylic oxidation sites excluding steroid dienone is 1. The minimum Gasteiger partial charge on any atom is -0.453 e. The molecule has 4 heteroatoms. The molecule has 3 rings (SSSR count). The molecule has 94 valence electrons. The van der Waals surface area contributed by atoms with Crippen molar-refractivity contribution in [2.75, 3.05) is 0 Å². The third-order valence-electron chi connectivity index (χ3n) is 2.66. The van der Waals surface area contributed by atoms with Crippen molar-refractivity contribution in [1.29, 1.82) is 0 Å². The van der Waals surface area contributed by atoms with Crippen molar-refractivity contribution < 1.29 is 9.21 Å². The van der Waals surface area contributed by atoms with Crippen molar-refractivity contribution >= 4 is 50.1 Å². The number of fused-ring (bicyclic) bond motifs is 1. The molecule has 0 saturated heterocycles. The van der Waals surface area contributed by atoms with Crippen LogP contribution >= 0.6 is 27.3 Å². The first-order valence-corrected chi connectivity index (χ1v) is 7.35. The Morgan fingerprint density at radius 1 is 1.26 bits per heavy atom. The van der Waals surface area contributed by atoms with Gasteiger partial charge in [-0.15, -0.1) is 11.3 Å². The number of carbonyl (C=O) groups excluding carboxylic acids is 1. The largest absolute Gasteiger partial charge is 0.453 e. The number of hydrogen-bond acceptors (Lipinski definition) is 3. The molecular weight excluding hydrogens is 324 g/mol. The highest BCUT2D eigenvalue weighted by Gasteiger charge is 2.09. The molecule has 0 amide bonds. The molecule has 0 aliphatic heterocycles.